The Bertz CT molecular complexity index is 417. The van der Waals surface area contributed by atoms with Crippen molar-refractivity contribution in [2.75, 3.05) is 0 Å². The fourth-order valence-corrected chi connectivity index (χ4v) is 2.23. The van der Waals surface area contributed by atoms with Crippen LogP contribution in [0.15, 0.2) is 30.2 Å². The predicted octanol–water partition coefficient (Wildman–Crippen LogP) is 1.28. The van der Waals surface area contributed by atoms with Crippen LogP contribution in [0, 0.1) is 0 Å². The second-order valence-electron chi connectivity index (χ2n) is 3.81. The maximum Gasteiger partial charge on any atom is 0.305 e. The first-order valence-electron chi connectivity index (χ1n) is 5.46. The first-order chi connectivity index (χ1) is 8.54. The third-order valence-corrected chi connectivity index (χ3v) is 3.33. The average Bonchev–Trinajstić information content (AvgIpc) is 2.81. The van der Waals surface area contributed by atoms with Crippen molar-refractivity contribution in [1.29, 1.82) is 0 Å². The number of carbonyl (C=O) groups is 2. The summed E-state index contributed by atoms with van der Waals surface area (Å²) in [5.41, 5.74) is 5.63. The van der Waals surface area contributed by atoms with Crippen LogP contribution in [0.25, 0.3) is 0 Å². The van der Waals surface area contributed by atoms with Gasteiger partial charge in [0.2, 0.25) is 5.91 Å². The molecule has 1 rings (SSSR count). The Balaban J connectivity index is 2.70. The minimum Gasteiger partial charge on any atom is -0.481 e. The van der Waals surface area contributed by atoms with Crippen LogP contribution in [0.1, 0.15) is 23.8 Å². The van der Waals surface area contributed by atoms with Gasteiger partial charge >= 0.3 is 5.97 Å². The fourth-order valence-electron chi connectivity index (χ4n) is 1.45. The lowest BCUT2D eigenvalue weighted by atomic mass is 10.1. The summed E-state index contributed by atoms with van der Waals surface area (Å²) in [6, 6.07) is 2.37. The molecule has 0 radical (unpaired) electrons. The number of nitrogens with one attached hydrogen (secondary N) is 1. The zero-order valence-electron chi connectivity index (χ0n) is 9.83. The highest BCUT2D eigenvalue weighted by molar-refractivity contribution is 7.10. The molecular weight excluding hydrogens is 252 g/mol. The molecular formula is C12H16N2O3S. The zero-order chi connectivity index (χ0) is 13.5. The summed E-state index contributed by atoms with van der Waals surface area (Å²) in [4.78, 5) is 23.3. The van der Waals surface area contributed by atoms with Gasteiger partial charge in [-0.25, -0.2) is 0 Å². The van der Waals surface area contributed by atoms with Crippen LogP contribution in [-0.4, -0.2) is 23.0 Å². The van der Waals surface area contributed by atoms with Crippen molar-refractivity contribution < 1.29 is 14.7 Å². The van der Waals surface area contributed by atoms with Gasteiger partial charge in [-0.05, 0) is 17.9 Å². The summed E-state index contributed by atoms with van der Waals surface area (Å²) in [5, 5.41) is 13.3. The Hall–Kier alpha value is -1.66. The molecule has 2 atom stereocenters. The summed E-state index contributed by atoms with van der Waals surface area (Å²) in [6.07, 6.45) is 1.75. The van der Waals surface area contributed by atoms with Crippen molar-refractivity contribution >= 4 is 23.2 Å². The van der Waals surface area contributed by atoms with E-state index in [1.54, 1.807) is 12.1 Å². The van der Waals surface area contributed by atoms with Gasteiger partial charge in [0, 0.05) is 4.88 Å². The number of carbonyl (C=O) groups excluding carboxylic acids is 1. The van der Waals surface area contributed by atoms with Gasteiger partial charge in [0.05, 0.1) is 18.5 Å². The number of amides is 1. The molecule has 0 bridgehead atoms. The van der Waals surface area contributed by atoms with Gasteiger partial charge < -0.3 is 16.2 Å². The molecule has 1 aromatic heterocycles. The normalized spacial score (nSPS) is 13.6. The third-order valence-electron chi connectivity index (χ3n) is 2.34. The topological polar surface area (TPSA) is 92.4 Å². The van der Waals surface area contributed by atoms with E-state index in [-0.39, 0.29) is 12.3 Å². The Morgan fingerprint density at radius 1 is 1.61 bits per heavy atom. The van der Waals surface area contributed by atoms with Crippen LogP contribution in [0.5, 0.6) is 0 Å². The maximum absolute atomic E-state index is 11.7. The smallest absolute Gasteiger partial charge is 0.305 e. The van der Waals surface area contributed by atoms with Crippen molar-refractivity contribution in [2.45, 2.75) is 24.9 Å². The molecule has 0 aromatic carbocycles. The molecule has 0 saturated heterocycles. The van der Waals surface area contributed by atoms with Gasteiger partial charge in [-0.2, -0.15) is 0 Å². The van der Waals surface area contributed by atoms with E-state index in [2.05, 4.69) is 11.9 Å². The van der Waals surface area contributed by atoms with Crippen LogP contribution in [0.3, 0.4) is 0 Å². The SMILES string of the molecule is C=CCC(N)C(=O)NC(CC(=O)O)c1cccs1. The van der Waals surface area contributed by atoms with E-state index in [9.17, 15) is 9.59 Å². The standard InChI is InChI=1S/C12H16N2O3S/c1-2-4-8(13)12(17)14-9(7-11(15)16)10-5-3-6-18-10/h2-3,5-6,8-9H,1,4,7,13H2,(H,14,17)(H,15,16). The second-order valence-corrected chi connectivity index (χ2v) is 4.78. The van der Waals surface area contributed by atoms with Crippen molar-refractivity contribution in [3.8, 4) is 0 Å². The molecule has 0 fully saturated rings. The summed E-state index contributed by atoms with van der Waals surface area (Å²) in [6.45, 7) is 3.51. The van der Waals surface area contributed by atoms with Crippen LogP contribution in [0.4, 0.5) is 0 Å². The molecule has 5 nitrogen and oxygen atoms in total. The van der Waals surface area contributed by atoms with Crippen molar-refractivity contribution in [3.05, 3.63) is 35.0 Å². The third kappa shape index (κ3) is 4.31. The van der Waals surface area contributed by atoms with E-state index in [4.69, 9.17) is 10.8 Å². The van der Waals surface area contributed by atoms with Crippen LogP contribution in [0.2, 0.25) is 0 Å². The number of hydrogen-bond donors (Lipinski definition) is 3. The zero-order valence-corrected chi connectivity index (χ0v) is 10.7. The van der Waals surface area contributed by atoms with E-state index < -0.39 is 18.1 Å². The van der Waals surface area contributed by atoms with E-state index in [1.165, 1.54) is 11.3 Å². The number of thiophene rings is 1. The van der Waals surface area contributed by atoms with E-state index >= 15 is 0 Å². The molecule has 2 unspecified atom stereocenters. The maximum atomic E-state index is 11.7. The first kappa shape index (κ1) is 14.4. The predicted molar refractivity (Wildman–Crippen MR) is 70.2 cm³/mol. The van der Waals surface area contributed by atoms with Crippen LogP contribution >= 0.6 is 11.3 Å². The highest BCUT2D eigenvalue weighted by Gasteiger charge is 2.21. The molecule has 18 heavy (non-hydrogen) atoms. The van der Waals surface area contributed by atoms with Crippen LogP contribution < -0.4 is 11.1 Å². The van der Waals surface area contributed by atoms with Crippen molar-refractivity contribution in [3.63, 3.8) is 0 Å². The molecule has 4 N–H and O–H groups in total. The lowest BCUT2D eigenvalue weighted by Crippen LogP contribution is -2.42. The van der Waals surface area contributed by atoms with Crippen LogP contribution in [-0.2, 0) is 9.59 Å². The highest BCUT2D eigenvalue weighted by atomic mass is 32.1. The molecule has 1 amide bonds. The Labute approximate surface area is 109 Å². The molecule has 98 valence electrons. The number of rotatable bonds is 7. The Morgan fingerprint density at radius 3 is 2.83 bits per heavy atom. The Kier molecular flexibility index (Phi) is 5.54. The number of hydrogen-bond acceptors (Lipinski definition) is 4. The van der Waals surface area contributed by atoms with Crippen molar-refractivity contribution in [1.82, 2.24) is 5.32 Å². The number of nitrogens with two attached hydrogens (primary N) is 1. The van der Waals surface area contributed by atoms with Gasteiger partial charge in [0.15, 0.2) is 0 Å². The van der Waals surface area contributed by atoms with Crippen molar-refractivity contribution in [2.24, 2.45) is 5.73 Å². The molecule has 0 aliphatic rings. The molecule has 0 aliphatic carbocycles. The summed E-state index contributed by atoms with van der Waals surface area (Å²) in [7, 11) is 0. The quantitative estimate of drug-likeness (QED) is 0.650. The summed E-state index contributed by atoms with van der Waals surface area (Å²) < 4.78 is 0. The number of carboxylic acid groups (broad SMARTS) is 1. The van der Waals surface area contributed by atoms with Gasteiger partial charge in [-0.15, -0.1) is 17.9 Å². The van der Waals surface area contributed by atoms with Gasteiger partial charge in [0.1, 0.15) is 0 Å². The highest BCUT2D eigenvalue weighted by Crippen LogP contribution is 2.22. The second kappa shape index (κ2) is 6.93. The molecule has 0 saturated carbocycles. The molecule has 1 heterocycles. The lowest BCUT2D eigenvalue weighted by Gasteiger charge is -2.18. The molecule has 6 heteroatoms. The number of carboxylic acids is 1. The largest absolute Gasteiger partial charge is 0.481 e. The van der Waals surface area contributed by atoms with E-state index in [0.29, 0.717) is 6.42 Å². The lowest BCUT2D eigenvalue weighted by molar-refractivity contribution is -0.137. The minimum atomic E-state index is -0.967. The average molecular weight is 268 g/mol. The summed E-state index contributed by atoms with van der Waals surface area (Å²) in [5.74, 6) is -1.33. The minimum absolute atomic E-state index is 0.160. The number of aliphatic carboxylic acids is 1. The summed E-state index contributed by atoms with van der Waals surface area (Å²) >= 11 is 1.40. The van der Waals surface area contributed by atoms with Gasteiger partial charge in [-0.1, -0.05) is 12.1 Å². The molecule has 1 aromatic rings. The molecule has 0 aliphatic heterocycles. The first-order valence-corrected chi connectivity index (χ1v) is 6.34. The fraction of sp³-hybridized carbons (Fsp3) is 0.333. The van der Waals surface area contributed by atoms with Gasteiger partial charge in [0.25, 0.3) is 0 Å². The van der Waals surface area contributed by atoms with Gasteiger partial charge in [-0.3, -0.25) is 9.59 Å². The van der Waals surface area contributed by atoms with E-state index in [0.717, 1.165) is 4.88 Å². The molecule has 0 spiro atoms. The monoisotopic (exact) mass is 268 g/mol. The Morgan fingerprint density at radius 2 is 2.33 bits per heavy atom. The van der Waals surface area contributed by atoms with E-state index in [1.807, 2.05) is 11.4 Å².